The molecule has 3 aliphatic rings. The van der Waals surface area contributed by atoms with Gasteiger partial charge in [-0.1, -0.05) is 18.2 Å². The first-order chi connectivity index (χ1) is 14.0. The molecule has 2 atom stereocenters. The van der Waals surface area contributed by atoms with Gasteiger partial charge in [0, 0.05) is 44.7 Å². The van der Waals surface area contributed by atoms with E-state index in [1.807, 2.05) is 41.0 Å². The monoisotopic (exact) mass is 399 g/mol. The Hall–Kier alpha value is -2.41. The van der Waals surface area contributed by atoms with Crippen LogP contribution in [-0.4, -0.2) is 84.9 Å². The van der Waals surface area contributed by atoms with Gasteiger partial charge in [-0.05, 0) is 31.4 Å². The summed E-state index contributed by atoms with van der Waals surface area (Å²) in [7, 11) is 1.80. The van der Waals surface area contributed by atoms with Crippen LogP contribution < -0.4 is 0 Å². The molecule has 0 aliphatic carbocycles. The predicted octanol–water partition coefficient (Wildman–Crippen LogP) is 1.16. The first kappa shape index (κ1) is 19.9. The van der Waals surface area contributed by atoms with Crippen molar-refractivity contribution in [2.24, 2.45) is 11.8 Å². The zero-order valence-corrected chi connectivity index (χ0v) is 17.2. The molecule has 3 amide bonds. The number of benzene rings is 1. The number of hydrogen-bond donors (Lipinski definition) is 0. The van der Waals surface area contributed by atoms with E-state index in [2.05, 4.69) is 0 Å². The minimum atomic E-state index is -0.279. The molecule has 3 heterocycles. The van der Waals surface area contributed by atoms with Gasteiger partial charge in [0.15, 0.2) is 0 Å². The van der Waals surface area contributed by atoms with Crippen LogP contribution in [0.4, 0.5) is 0 Å². The van der Waals surface area contributed by atoms with Crippen molar-refractivity contribution < 1.29 is 19.1 Å². The van der Waals surface area contributed by atoms with Crippen LogP contribution in [0, 0.1) is 18.8 Å². The molecule has 3 fully saturated rings. The number of rotatable bonds is 2. The van der Waals surface area contributed by atoms with Crippen molar-refractivity contribution in [1.82, 2.24) is 14.7 Å². The summed E-state index contributed by atoms with van der Waals surface area (Å²) in [5, 5.41) is 0. The van der Waals surface area contributed by atoms with Gasteiger partial charge in [-0.15, -0.1) is 0 Å². The fourth-order valence-corrected chi connectivity index (χ4v) is 4.65. The van der Waals surface area contributed by atoms with E-state index in [0.717, 1.165) is 11.1 Å². The highest BCUT2D eigenvalue weighted by atomic mass is 16.5. The largest absolute Gasteiger partial charge is 0.378 e. The Morgan fingerprint density at radius 1 is 1.03 bits per heavy atom. The number of likely N-dealkylation sites (tertiary alicyclic amines) is 1. The number of aryl methyl sites for hydroxylation is 1. The van der Waals surface area contributed by atoms with Crippen molar-refractivity contribution in [3.63, 3.8) is 0 Å². The van der Waals surface area contributed by atoms with Gasteiger partial charge in [0.25, 0.3) is 5.91 Å². The Bertz CT molecular complexity index is 803. The molecular formula is C22H29N3O4. The maximum atomic E-state index is 13.2. The highest BCUT2D eigenvalue weighted by Crippen LogP contribution is 2.26. The molecule has 3 aliphatic heterocycles. The minimum Gasteiger partial charge on any atom is -0.378 e. The number of hydrogen-bond acceptors (Lipinski definition) is 4. The van der Waals surface area contributed by atoms with Crippen LogP contribution in [0.25, 0.3) is 0 Å². The van der Waals surface area contributed by atoms with Crippen molar-refractivity contribution in [3.8, 4) is 0 Å². The lowest BCUT2D eigenvalue weighted by atomic mass is 9.94. The second-order valence-corrected chi connectivity index (χ2v) is 8.46. The summed E-state index contributed by atoms with van der Waals surface area (Å²) in [6.07, 6.45) is 1.34. The number of ether oxygens (including phenoxy) is 1. The highest BCUT2D eigenvalue weighted by molar-refractivity contribution is 5.95. The third-order valence-electron chi connectivity index (χ3n) is 6.56. The summed E-state index contributed by atoms with van der Waals surface area (Å²) in [6.45, 7) is 4.94. The van der Waals surface area contributed by atoms with E-state index in [0.29, 0.717) is 52.2 Å². The van der Waals surface area contributed by atoms with Gasteiger partial charge in [0.05, 0.1) is 25.2 Å². The van der Waals surface area contributed by atoms with Gasteiger partial charge in [-0.3, -0.25) is 14.4 Å². The average Bonchev–Trinajstić information content (AvgIpc) is 2.92. The Morgan fingerprint density at radius 2 is 1.76 bits per heavy atom. The van der Waals surface area contributed by atoms with Gasteiger partial charge in [-0.2, -0.15) is 0 Å². The van der Waals surface area contributed by atoms with Gasteiger partial charge in [0.1, 0.15) is 0 Å². The topological polar surface area (TPSA) is 70.2 Å². The molecule has 0 saturated carbocycles. The summed E-state index contributed by atoms with van der Waals surface area (Å²) in [5.41, 5.74) is 1.71. The number of amides is 3. The second-order valence-electron chi connectivity index (χ2n) is 8.46. The molecule has 29 heavy (non-hydrogen) atoms. The van der Waals surface area contributed by atoms with E-state index in [9.17, 15) is 14.4 Å². The molecule has 156 valence electrons. The van der Waals surface area contributed by atoms with Crippen LogP contribution in [0.3, 0.4) is 0 Å². The zero-order valence-electron chi connectivity index (χ0n) is 17.2. The summed E-state index contributed by atoms with van der Waals surface area (Å²) in [4.78, 5) is 44.0. The lowest BCUT2D eigenvalue weighted by molar-refractivity contribution is -0.139. The quantitative estimate of drug-likeness (QED) is 0.748. The Kier molecular flexibility index (Phi) is 5.58. The number of likely N-dealkylation sites (N-methyl/N-ethyl adjacent to an activating group) is 1. The number of fused-ring (bicyclic) bond motifs is 3. The first-order valence-electron chi connectivity index (χ1n) is 10.4. The van der Waals surface area contributed by atoms with E-state index in [1.54, 1.807) is 11.9 Å². The molecule has 2 bridgehead atoms. The first-order valence-corrected chi connectivity index (χ1v) is 10.4. The summed E-state index contributed by atoms with van der Waals surface area (Å²) < 4.78 is 5.62. The minimum absolute atomic E-state index is 0.0441. The Morgan fingerprint density at radius 3 is 2.48 bits per heavy atom. The van der Waals surface area contributed by atoms with Crippen LogP contribution in [0.5, 0.6) is 0 Å². The maximum absolute atomic E-state index is 13.2. The second kappa shape index (κ2) is 8.14. The molecule has 7 heteroatoms. The third kappa shape index (κ3) is 3.88. The predicted molar refractivity (Wildman–Crippen MR) is 107 cm³/mol. The van der Waals surface area contributed by atoms with Crippen molar-refractivity contribution in [2.75, 3.05) is 46.4 Å². The van der Waals surface area contributed by atoms with Crippen LogP contribution in [-0.2, 0) is 14.3 Å². The van der Waals surface area contributed by atoms with Gasteiger partial charge in [0.2, 0.25) is 11.8 Å². The normalized spacial score (nSPS) is 25.7. The van der Waals surface area contributed by atoms with Crippen LogP contribution in [0.1, 0.15) is 28.8 Å². The standard InChI is InChI=1S/C22H29N3O4/c1-15-5-3-4-6-19(15)22(28)24-9-7-16(8-10-24)21(27)25-11-17-13-29-14-18(12-25)23(2)20(17)26/h3-6,16-18H,7-14H2,1-2H3/t17-,18+/m1/s1. The van der Waals surface area contributed by atoms with Crippen LogP contribution >= 0.6 is 0 Å². The van der Waals surface area contributed by atoms with Gasteiger partial charge in [-0.25, -0.2) is 0 Å². The molecule has 4 rings (SSSR count). The van der Waals surface area contributed by atoms with E-state index >= 15 is 0 Å². The number of carbonyl (C=O) groups excluding carboxylic acids is 3. The maximum Gasteiger partial charge on any atom is 0.254 e. The molecular weight excluding hydrogens is 370 g/mol. The zero-order chi connectivity index (χ0) is 20.5. The molecule has 0 aromatic heterocycles. The van der Waals surface area contributed by atoms with Crippen molar-refractivity contribution in [1.29, 1.82) is 0 Å². The molecule has 0 spiro atoms. The van der Waals surface area contributed by atoms with Crippen molar-refractivity contribution in [2.45, 2.75) is 25.8 Å². The average molecular weight is 399 g/mol. The Labute approximate surface area is 171 Å². The number of carbonyl (C=O) groups is 3. The van der Waals surface area contributed by atoms with Gasteiger partial charge >= 0.3 is 0 Å². The van der Waals surface area contributed by atoms with E-state index in [4.69, 9.17) is 4.74 Å². The van der Waals surface area contributed by atoms with Gasteiger partial charge < -0.3 is 19.4 Å². The van der Waals surface area contributed by atoms with Crippen molar-refractivity contribution in [3.05, 3.63) is 35.4 Å². The lowest BCUT2D eigenvalue weighted by Crippen LogP contribution is -2.49. The molecule has 0 N–H and O–H groups in total. The smallest absolute Gasteiger partial charge is 0.254 e. The van der Waals surface area contributed by atoms with Crippen molar-refractivity contribution >= 4 is 17.7 Å². The number of nitrogens with zero attached hydrogens (tertiary/aromatic N) is 3. The van der Waals surface area contributed by atoms with E-state index < -0.39 is 0 Å². The van der Waals surface area contributed by atoms with Crippen LogP contribution in [0.15, 0.2) is 24.3 Å². The molecule has 0 radical (unpaired) electrons. The third-order valence-corrected chi connectivity index (χ3v) is 6.56. The van der Waals surface area contributed by atoms with E-state index in [1.165, 1.54) is 0 Å². The summed E-state index contributed by atoms with van der Waals surface area (Å²) in [6, 6.07) is 7.54. The molecule has 3 saturated heterocycles. The molecule has 7 nitrogen and oxygen atoms in total. The molecule has 1 aromatic rings. The fourth-order valence-electron chi connectivity index (χ4n) is 4.65. The highest BCUT2D eigenvalue weighted by Gasteiger charge is 2.40. The lowest BCUT2D eigenvalue weighted by Gasteiger charge is -2.36. The molecule has 0 unspecified atom stereocenters. The molecule has 1 aromatic carbocycles. The van der Waals surface area contributed by atoms with E-state index in [-0.39, 0.29) is 35.6 Å². The fraction of sp³-hybridized carbons (Fsp3) is 0.591. The van der Waals surface area contributed by atoms with Crippen LogP contribution in [0.2, 0.25) is 0 Å². The Balaban J connectivity index is 1.39. The summed E-state index contributed by atoms with van der Waals surface area (Å²) >= 11 is 0. The summed E-state index contributed by atoms with van der Waals surface area (Å²) in [5.74, 6) is -0.132. The SMILES string of the molecule is Cc1ccccc1C(=O)N1CCC(C(=O)N2C[C@@H]3COC[C@H](C2)N(C)C3=O)CC1. The number of piperidine rings is 1.